The molecule has 0 saturated heterocycles. The Kier molecular flexibility index (Phi) is 5.85. The topological polar surface area (TPSA) is 101 Å². The third kappa shape index (κ3) is 4.35. The molecule has 2 aromatic rings. The standard InChI is InChI=1S/C25H31N7O/c1-3-4-17-12-29-23-9-16(2)24(30-32(23)25(17)33)31-8-7-22-19(15-31)10-18(13-28-22)20(11-26)14-27-21-5-6-21/h9-14,21,24,30H,3-8,15,26H2,1-2H3/b20-11+,27-14?. The summed E-state index contributed by atoms with van der Waals surface area (Å²) in [4.78, 5) is 29.1. The molecule has 1 aliphatic carbocycles. The predicted octanol–water partition coefficient (Wildman–Crippen LogP) is 2.47. The summed E-state index contributed by atoms with van der Waals surface area (Å²) in [7, 11) is 0. The van der Waals surface area contributed by atoms with Crippen molar-refractivity contribution in [1.29, 1.82) is 0 Å². The molecule has 0 amide bonds. The molecule has 1 fully saturated rings. The van der Waals surface area contributed by atoms with Gasteiger partial charge in [0.05, 0.1) is 6.04 Å². The molecule has 172 valence electrons. The van der Waals surface area contributed by atoms with Crippen LogP contribution in [0.2, 0.25) is 0 Å². The Bertz CT molecular complexity index is 1210. The van der Waals surface area contributed by atoms with Gasteiger partial charge in [0, 0.05) is 66.7 Å². The maximum absolute atomic E-state index is 13.0. The Morgan fingerprint density at radius 1 is 1.33 bits per heavy atom. The van der Waals surface area contributed by atoms with Crippen molar-refractivity contribution in [3.63, 3.8) is 0 Å². The van der Waals surface area contributed by atoms with Crippen molar-refractivity contribution in [1.82, 2.24) is 19.5 Å². The Morgan fingerprint density at radius 3 is 2.94 bits per heavy atom. The van der Waals surface area contributed by atoms with Crippen LogP contribution in [0.25, 0.3) is 11.6 Å². The minimum absolute atomic E-state index is 0.00960. The molecular weight excluding hydrogens is 414 g/mol. The molecule has 0 bridgehead atoms. The second-order valence-corrected chi connectivity index (χ2v) is 9.13. The van der Waals surface area contributed by atoms with Gasteiger partial charge >= 0.3 is 0 Å². The van der Waals surface area contributed by atoms with Gasteiger partial charge in [0.2, 0.25) is 0 Å². The summed E-state index contributed by atoms with van der Waals surface area (Å²) < 4.78 is 1.61. The number of pyridine rings is 1. The van der Waals surface area contributed by atoms with Crippen LogP contribution in [0.4, 0.5) is 0 Å². The van der Waals surface area contributed by atoms with Gasteiger partial charge in [-0.3, -0.25) is 25.1 Å². The van der Waals surface area contributed by atoms with E-state index in [2.05, 4.69) is 40.2 Å². The molecule has 1 unspecified atom stereocenters. The number of allylic oxidation sites excluding steroid dienone is 1. The molecule has 0 spiro atoms. The van der Waals surface area contributed by atoms with E-state index in [0.29, 0.717) is 11.9 Å². The Morgan fingerprint density at radius 2 is 2.18 bits per heavy atom. The summed E-state index contributed by atoms with van der Waals surface area (Å²) in [5.41, 5.74) is 15.4. The van der Waals surface area contributed by atoms with Gasteiger partial charge in [-0.2, -0.15) is 0 Å². The SMILES string of the molecule is CCCc1cnc2n(c1=O)NC(N1CCc3ncc(/C(C=NC4CC4)=C/N)cc3C1)C(C)=C2. The van der Waals surface area contributed by atoms with Gasteiger partial charge in [0.25, 0.3) is 5.56 Å². The van der Waals surface area contributed by atoms with Gasteiger partial charge in [-0.05, 0) is 49.5 Å². The first-order valence-electron chi connectivity index (χ1n) is 11.8. The Hall–Kier alpha value is -3.26. The highest BCUT2D eigenvalue weighted by Crippen LogP contribution is 2.27. The number of hydrogen-bond acceptors (Lipinski definition) is 7. The average Bonchev–Trinajstić information content (AvgIpc) is 3.65. The maximum atomic E-state index is 13.0. The molecule has 8 heteroatoms. The number of fused-ring (bicyclic) bond motifs is 2. The first-order valence-corrected chi connectivity index (χ1v) is 11.8. The number of aryl methyl sites for hydroxylation is 1. The van der Waals surface area contributed by atoms with Crippen molar-refractivity contribution in [2.24, 2.45) is 10.7 Å². The van der Waals surface area contributed by atoms with E-state index in [9.17, 15) is 4.79 Å². The Balaban J connectivity index is 1.39. The highest BCUT2D eigenvalue weighted by atomic mass is 16.1. The van der Waals surface area contributed by atoms with Gasteiger partial charge < -0.3 is 5.73 Å². The summed E-state index contributed by atoms with van der Waals surface area (Å²) in [5.74, 6) is 0.655. The van der Waals surface area contributed by atoms with Crippen LogP contribution in [0.15, 0.2) is 40.0 Å². The number of nitrogens with two attached hydrogens (primary N) is 1. The van der Waals surface area contributed by atoms with E-state index in [-0.39, 0.29) is 11.7 Å². The summed E-state index contributed by atoms with van der Waals surface area (Å²) in [6.07, 6.45) is 13.8. The van der Waals surface area contributed by atoms with Gasteiger partial charge in [-0.1, -0.05) is 13.3 Å². The van der Waals surface area contributed by atoms with Gasteiger partial charge in [-0.25, -0.2) is 9.66 Å². The zero-order valence-electron chi connectivity index (χ0n) is 19.3. The van der Waals surface area contributed by atoms with E-state index in [1.165, 1.54) is 5.56 Å². The van der Waals surface area contributed by atoms with E-state index >= 15 is 0 Å². The lowest BCUT2D eigenvalue weighted by Gasteiger charge is -2.39. The summed E-state index contributed by atoms with van der Waals surface area (Å²) in [5, 5.41) is 0. The maximum Gasteiger partial charge on any atom is 0.275 e. The van der Waals surface area contributed by atoms with Crippen LogP contribution in [-0.2, 0) is 19.4 Å². The van der Waals surface area contributed by atoms with Gasteiger partial charge in [0.1, 0.15) is 6.17 Å². The van der Waals surface area contributed by atoms with Crippen LogP contribution >= 0.6 is 0 Å². The molecule has 3 N–H and O–H groups in total. The van der Waals surface area contributed by atoms with Crippen molar-refractivity contribution in [3.05, 3.63) is 68.8 Å². The van der Waals surface area contributed by atoms with Crippen LogP contribution in [0.1, 0.15) is 61.3 Å². The van der Waals surface area contributed by atoms with Crippen LogP contribution in [0.5, 0.6) is 0 Å². The molecule has 33 heavy (non-hydrogen) atoms. The van der Waals surface area contributed by atoms with E-state index in [1.54, 1.807) is 17.1 Å². The smallest absolute Gasteiger partial charge is 0.275 e. The van der Waals surface area contributed by atoms with Gasteiger partial charge in [-0.15, -0.1) is 0 Å². The fourth-order valence-electron chi connectivity index (χ4n) is 4.50. The normalized spacial score (nSPS) is 20.8. The number of nitrogens with zero attached hydrogens (tertiary/aromatic N) is 5. The lowest BCUT2D eigenvalue weighted by Crippen LogP contribution is -2.52. The van der Waals surface area contributed by atoms with Crippen LogP contribution in [0, 0.1) is 0 Å². The minimum Gasteiger partial charge on any atom is -0.404 e. The van der Waals surface area contributed by atoms with E-state index in [1.807, 2.05) is 18.5 Å². The van der Waals surface area contributed by atoms with Gasteiger partial charge in [0.15, 0.2) is 5.82 Å². The minimum atomic E-state index is -0.0772. The lowest BCUT2D eigenvalue weighted by molar-refractivity contribution is 0.205. The van der Waals surface area contributed by atoms with Crippen molar-refractivity contribution < 1.29 is 0 Å². The van der Waals surface area contributed by atoms with E-state index in [0.717, 1.165) is 73.2 Å². The molecule has 0 aromatic carbocycles. The number of aliphatic imine (C=N–C) groups is 1. The fourth-order valence-corrected chi connectivity index (χ4v) is 4.50. The van der Waals surface area contributed by atoms with Crippen LogP contribution in [-0.4, -0.2) is 44.5 Å². The first-order chi connectivity index (χ1) is 16.1. The highest BCUT2D eigenvalue weighted by molar-refractivity contribution is 6.09. The van der Waals surface area contributed by atoms with Crippen molar-refractivity contribution in [3.8, 4) is 0 Å². The van der Waals surface area contributed by atoms with Crippen molar-refractivity contribution in [2.75, 3.05) is 12.0 Å². The molecule has 8 nitrogen and oxygen atoms in total. The van der Waals surface area contributed by atoms with E-state index in [4.69, 9.17) is 10.7 Å². The third-order valence-electron chi connectivity index (χ3n) is 6.54. The number of rotatable bonds is 6. The molecular formula is C25H31N7O. The number of hydrogen-bond donors (Lipinski definition) is 2. The molecule has 0 radical (unpaired) electrons. The monoisotopic (exact) mass is 445 g/mol. The van der Waals surface area contributed by atoms with Crippen molar-refractivity contribution in [2.45, 2.75) is 64.7 Å². The predicted molar refractivity (Wildman–Crippen MR) is 131 cm³/mol. The summed E-state index contributed by atoms with van der Waals surface area (Å²) in [6, 6.07) is 2.63. The Labute approximate surface area is 193 Å². The lowest BCUT2D eigenvalue weighted by atomic mass is 9.99. The molecule has 1 saturated carbocycles. The first kappa shape index (κ1) is 21.6. The second kappa shape index (κ2) is 8.94. The zero-order valence-corrected chi connectivity index (χ0v) is 19.3. The number of aromatic nitrogens is 3. The second-order valence-electron chi connectivity index (χ2n) is 9.13. The molecule has 1 atom stereocenters. The third-order valence-corrected chi connectivity index (χ3v) is 6.54. The molecule has 2 aromatic heterocycles. The fraction of sp³-hybridized carbons (Fsp3) is 0.440. The molecule has 5 rings (SSSR count). The van der Waals surface area contributed by atoms with E-state index < -0.39 is 0 Å². The van der Waals surface area contributed by atoms with Crippen LogP contribution < -0.4 is 16.7 Å². The van der Waals surface area contributed by atoms with Crippen LogP contribution in [0.3, 0.4) is 0 Å². The quantitative estimate of drug-likeness (QED) is 0.663. The molecule has 4 heterocycles. The molecule has 3 aliphatic rings. The highest BCUT2D eigenvalue weighted by Gasteiger charge is 2.29. The molecule has 2 aliphatic heterocycles. The zero-order chi connectivity index (χ0) is 22.9. The van der Waals surface area contributed by atoms with Crippen molar-refractivity contribution >= 4 is 17.9 Å². The number of nitrogens with one attached hydrogen (secondary N) is 1. The summed E-state index contributed by atoms with van der Waals surface area (Å²) in [6.45, 7) is 5.75. The largest absolute Gasteiger partial charge is 0.404 e. The average molecular weight is 446 g/mol. The summed E-state index contributed by atoms with van der Waals surface area (Å²) >= 11 is 0.